The molecule has 0 fully saturated rings. The number of hydrogen-bond acceptors (Lipinski definition) is 4. The quantitative estimate of drug-likeness (QED) is 0.362. The molecule has 2 aromatic heterocycles. The van der Waals surface area contributed by atoms with E-state index >= 15 is 0 Å². The largest absolute Gasteiger partial charge is 0.496 e. The molecule has 1 atom stereocenters. The first-order chi connectivity index (χ1) is 17.8. The lowest BCUT2D eigenvalue weighted by Crippen LogP contribution is -2.37. The van der Waals surface area contributed by atoms with Crippen LogP contribution < -0.4 is 20.7 Å². The van der Waals surface area contributed by atoms with Crippen molar-refractivity contribution in [2.45, 2.75) is 20.0 Å². The maximum atomic E-state index is 13.8. The molecule has 7 nitrogen and oxygen atoms in total. The second-order valence-electron chi connectivity index (χ2n) is 9.58. The molecule has 0 saturated carbocycles. The minimum Gasteiger partial charge on any atom is -0.496 e. The molecule has 3 aromatic carbocycles. The van der Waals surface area contributed by atoms with Crippen LogP contribution in [0.4, 0.5) is 0 Å². The van der Waals surface area contributed by atoms with Crippen LogP contribution in [0.2, 0.25) is 0 Å². The minimum absolute atomic E-state index is 0.344. The van der Waals surface area contributed by atoms with Crippen LogP contribution in [0.1, 0.15) is 28.5 Å². The Bertz CT molecular complexity index is 1820. The van der Waals surface area contributed by atoms with Crippen LogP contribution >= 0.6 is 0 Å². The van der Waals surface area contributed by atoms with Gasteiger partial charge in [0.1, 0.15) is 11.5 Å². The number of methoxy groups -OCH3 is 1. The average molecular weight is 494 g/mol. The Morgan fingerprint density at radius 2 is 1.57 bits per heavy atom. The first-order valence-corrected chi connectivity index (χ1v) is 12.1. The Balaban J connectivity index is 1.87. The van der Waals surface area contributed by atoms with Gasteiger partial charge in [0.15, 0.2) is 6.10 Å². The maximum Gasteiger partial charge on any atom is 0.331 e. The van der Waals surface area contributed by atoms with Crippen molar-refractivity contribution >= 4 is 10.9 Å². The number of para-hydroxylation sites is 1. The summed E-state index contributed by atoms with van der Waals surface area (Å²) in [6.07, 6.45) is -0.620. The highest BCUT2D eigenvalue weighted by atomic mass is 16.5. The van der Waals surface area contributed by atoms with Gasteiger partial charge in [0.2, 0.25) is 0 Å². The van der Waals surface area contributed by atoms with Gasteiger partial charge in [0.05, 0.1) is 35.1 Å². The fourth-order valence-corrected chi connectivity index (χ4v) is 5.35. The molecule has 0 aliphatic carbocycles. The van der Waals surface area contributed by atoms with Crippen molar-refractivity contribution in [1.29, 1.82) is 0 Å². The number of aromatic nitrogens is 3. The predicted molar refractivity (Wildman–Crippen MR) is 144 cm³/mol. The van der Waals surface area contributed by atoms with Crippen molar-refractivity contribution in [1.82, 2.24) is 13.7 Å². The zero-order chi connectivity index (χ0) is 26.0. The molecular weight excluding hydrogens is 466 g/mol. The van der Waals surface area contributed by atoms with Crippen molar-refractivity contribution in [3.63, 3.8) is 0 Å². The number of fused-ring (bicyclic) bond motifs is 5. The third-order valence-electron chi connectivity index (χ3n) is 7.20. The molecule has 186 valence electrons. The summed E-state index contributed by atoms with van der Waals surface area (Å²) in [6.45, 7) is 4.05. The standard InChI is InChI=1S/C30H27N3O4/c1-17-10-13-19(14-11-17)25-24-26(31(3)30(35)32(4)29(24)34)27-28(20-8-6-7-9-22(20)36-5)37-23-15-12-18(2)16-21(23)33(25)27/h6-16,28H,1-5H3/t28-/m1/s1. The summed E-state index contributed by atoms with van der Waals surface area (Å²) in [5.41, 5.74) is 5.93. The third-order valence-corrected chi connectivity index (χ3v) is 7.20. The molecule has 1 aliphatic rings. The molecule has 0 radical (unpaired) electrons. The highest BCUT2D eigenvalue weighted by Crippen LogP contribution is 2.48. The van der Waals surface area contributed by atoms with Crippen LogP contribution in [-0.2, 0) is 14.1 Å². The van der Waals surface area contributed by atoms with Crippen LogP contribution in [0, 0.1) is 13.8 Å². The van der Waals surface area contributed by atoms with Gasteiger partial charge in [-0.2, -0.15) is 0 Å². The number of rotatable bonds is 3. The van der Waals surface area contributed by atoms with Gasteiger partial charge < -0.3 is 14.0 Å². The lowest BCUT2D eigenvalue weighted by Gasteiger charge is -2.31. The SMILES string of the molecule is COc1ccccc1[C@H]1Oc2ccc(C)cc2-n2c(-c3ccc(C)cc3)c3c(=O)n(C)c(=O)n(C)c3c21. The Morgan fingerprint density at radius 3 is 2.30 bits per heavy atom. The van der Waals surface area contributed by atoms with E-state index in [0.29, 0.717) is 28.1 Å². The van der Waals surface area contributed by atoms with E-state index in [1.54, 1.807) is 18.7 Å². The maximum absolute atomic E-state index is 13.8. The highest BCUT2D eigenvalue weighted by Gasteiger charge is 2.37. The van der Waals surface area contributed by atoms with Crippen molar-refractivity contribution in [2.75, 3.05) is 7.11 Å². The zero-order valence-electron chi connectivity index (χ0n) is 21.4. The van der Waals surface area contributed by atoms with E-state index in [9.17, 15) is 9.59 Å². The molecule has 7 heteroatoms. The fraction of sp³-hybridized carbons (Fsp3) is 0.200. The van der Waals surface area contributed by atoms with Crippen LogP contribution in [0.15, 0.2) is 76.3 Å². The molecule has 0 N–H and O–H groups in total. The molecule has 0 unspecified atom stereocenters. The number of aryl methyl sites for hydroxylation is 3. The summed E-state index contributed by atoms with van der Waals surface area (Å²) in [4.78, 5) is 27.0. The number of hydrogen-bond donors (Lipinski definition) is 0. The minimum atomic E-state index is -0.620. The lowest BCUT2D eigenvalue weighted by atomic mass is 10.0. The van der Waals surface area contributed by atoms with Crippen LogP contribution in [0.3, 0.4) is 0 Å². The first kappa shape index (κ1) is 22.9. The molecule has 3 heterocycles. The predicted octanol–water partition coefficient (Wildman–Crippen LogP) is 4.80. The van der Waals surface area contributed by atoms with E-state index in [4.69, 9.17) is 9.47 Å². The number of nitrogens with zero attached hydrogens (tertiary/aromatic N) is 3. The highest BCUT2D eigenvalue weighted by molar-refractivity contribution is 5.98. The van der Waals surface area contributed by atoms with Gasteiger partial charge in [-0.05, 0) is 43.2 Å². The second kappa shape index (κ2) is 8.27. The monoisotopic (exact) mass is 493 g/mol. The summed E-state index contributed by atoms with van der Waals surface area (Å²) >= 11 is 0. The summed E-state index contributed by atoms with van der Waals surface area (Å²) in [5.74, 6) is 1.35. The van der Waals surface area contributed by atoms with E-state index < -0.39 is 11.8 Å². The zero-order valence-corrected chi connectivity index (χ0v) is 21.4. The van der Waals surface area contributed by atoms with Crippen molar-refractivity contribution < 1.29 is 9.47 Å². The van der Waals surface area contributed by atoms with Gasteiger partial charge in [0.25, 0.3) is 5.56 Å². The van der Waals surface area contributed by atoms with Gasteiger partial charge in [-0.25, -0.2) is 4.79 Å². The topological polar surface area (TPSA) is 67.4 Å². The summed E-state index contributed by atoms with van der Waals surface area (Å²) < 4.78 is 17.2. The van der Waals surface area contributed by atoms with E-state index in [1.807, 2.05) is 74.5 Å². The Hall–Kier alpha value is -4.52. The van der Waals surface area contributed by atoms with Crippen molar-refractivity contribution in [2.24, 2.45) is 14.1 Å². The number of ether oxygens (including phenoxy) is 2. The van der Waals surface area contributed by atoms with E-state index in [0.717, 1.165) is 33.6 Å². The van der Waals surface area contributed by atoms with Crippen LogP contribution in [0.5, 0.6) is 11.5 Å². The summed E-state index contributed by atoms with van der Waals surface area (Å²) in [7, 11) is 4.85. The Labute approximate surface area is 213 Å². The van der Waals surface area contributed by atoms with E-state index in [2.05, 4.69) is 10.6 Å². The summed E-state index contributed by atoms with van der Waals surface area (Å²) in [6, 6.07) is 21.8. The first-order valence-electron chi connectivity index (χ1n) is 12.1. The van der Waals surface area contributed by atoms with Gasteiger partial charge in [-0.1, -0.05) is 54.1 Å². The molecule has 0 saturated heterocycles. The lowest BCUT2D eigenvalue weighted by molar-refractivity contribution is 0.223. The van der Waals surface area contributed by atoms with E-state index in [1.165, 1.54) is 11.6 Å². The average Bonchev–Trinajstić information content (AvgIpc) is 3.27. The molecule has 1 aliphatic heterocycles. The van der Waals surface area contributed by atoms with E-state index in [-0.39, 0.29) is 5.56 Å². The normalized spacial score (nSPS) is 14.2. The van der Waals surface area contributed by atoms with Crippen LogP contribution in [0.25, 0.3) is 27.8 Å². The van der Waals surface area contributed by atoms with Crippen LogP contribution in [-0.4, -0.2) is 20.8 Å². The van der Waals surface area contributed by atoms with Gasteiger partial charge >= 0.3 is 5.69 Å². The van der Waals surface area contributed by atoms with Crippen molar-refractivity contribution in [3.8, 4) is 28.4 Å². The fourth-order valence-electron chi connectivity index (χ4n) is 5.35. The molecule has 37 heavy (non-hydrogen) atoms. The Kier molecular flexibility index (Phi) is 5.12. The molecule has 0 spiro atoms. The molecule has 6 rings (SSSR count). The Morgan fingerprint density at radius 1 is 0.865 bits per heavy atom. The number of benzene rings is 3. The van der Waals surface area contributed by atoms with Crippen molar-refractivity contribution in [3.05, 3.63) is 110 Å². The molecule has 0 bridgehead atoms. The second-order valence-corrected chi connectivity index (χ2v) is 9.58. The smallest absolute Gasteiger partial charge is 0.331 e. The summed E-state index contributed by atoms with van der Waals surface area (Å²) in [5, 5.41) is 0.473. The van der Waals surface area contributed by atoms with Gasteiger partial charge in [-0.15, -0.1) is 0 Å². The van der Waals surface area contributed by atoms with Gasteiger partial charge in [-0.3, -0.25) is 13.9 Å². The van der Waals surface area contributed by atoms with Gasteiger partial charge in [0, 0.05) is 19.7 Å². The molecule has 0 amide bonds. The molecular formula is C30H27N3O4. The molecule has 5 aromatic rings. The third kappa shape index (κ3) is 3.27.